The molecule has 2 N–H and O–H groups in total. The fraction of sp³-hybridized carbons (Fsp3) is 0.429. The van der Waals surface area contributed by atoms with Crippen LogP contribution >= 0.6 is 0 Å². The molecule has 0 aromatic heterocycles. The molecule has 144 valence electrons. The molecule has 0 bridgehead atoms. The molecule has 2 saturated heterocycles. The molecule has 0 spiro atoms. The van der Waals surface area contributed by atoms with Crippen LogP contribution in [0.2, 0.25) is 0 Å². The van der Waals surface area contributed by atoms with Crippen LogP contribution in [0.1, 0.15) is 29.9 Å². The first kappa shape index (κ1) is 18.5. The third-order valence-corrected chi connectivity index (χ3v) is 5.77. The second-order valence-corrected chi connectivity index (χ2v) is 7.58. The van der Waals surface area contributed by atoms with E-state index < -0.39 is 5.82 Å². The van der Waals surface area contributed by atoms with Gasteiger partial charge in [0.2, 0.25) is 0 Å². The van der Waals surface area contributed by atoms with Gasteiger partial charge >= 0.3 is 0 Å². The molecule has 0 saturated carbocycles. The SMILES string of the molecule is Fc1ccc(C2CNNC2C2CCCN(Cc3cc(F)ccc3F)C2)cc1. The molecule has 2 heterocycles. The summed E-state index contributed by atoms with van der Waals surface area (Å²) in [6.45, 7) is 2.92. The lowest BCUT2D eigenvalue weighted by Gasteiger charge is -2.37. The Morgan fingerprint density at radius 1 is 1.00 bits per heavy atom. The van der Waals surface area contributed by atoms with Crippen LogP contribution in [0.25, 0.3) is 0 Å². The van der Waals surface area contributed by atoms with E-state index in [2.05, 4.69) is 15.8 Å². The summed E-state index contributed by atoms with van der Waals surface area (Å²) in [4.78, 5) is 2.20. The Kier molecular flexibility index (Phi) is 5.48. The highest BCUT2D eigenvalue weighted by Gasteiger charge is 2.36. The minimum Gasteiger partial charge on any atom is -0.299 e. The quantitative estimate of drug-likeness (QED) is 0.856. The maximum Gasteiger partial charge on any atom is 0.127 e. The Balaban J connectivity index is 1.45. The van der Waals surface area contributed by atoms with Gasteiger partial charge in [-0.25, -0.2) is 13.2 Å². The van der Waals surface area contributed by atoms with Crippen molar-refractivity contribution in [3.63, 3.8) is 0 Å². The van der Waals surface area contributed by atoms with E-state index in [0.717, 1.165) is 44.1 Å². The molecule has 27 heavy (non-hydrogen) atoms. The summed E-state index contributed by atoms with van der Waals surface area (Å²) >= 11 is 0. The zero-order valence-corrected chi connectivity index (χ0v) is 15.1. The molecule has 3 unspecified atom stereocenters. The van der Waals surface area contributed by atoms with Crippen molar-refractivity contribution in [2.45, 2.75) is 31.3 Å². The van der Waals surface area contributed by atoms with Crippen molar-refractivity contribution in [1.82, 2.24) is 15.8 Å². The Hall–Kier alpha value is -1.89. The van der Waals surface area contributed by atoms with Gasteiger partial charge in [-0.2, -0.15) is 0 Å². The van der Waals surface area contributed by atoms with Crippen LogP contribution in [0.4, 0.5) is 13.2 Å². The zero-order valence-electron chi connectivity index (χ0n) is 15.1. The van der Waals surface area contributed by atoms with E-state index >= 15 is 0 Å². The van der Waals surface area contributed by atoms with E-state index in [0.29, 0.717) is 18.0 Å². The average Bonchev–Trinajstić information content (AvgIpc) is 3.15. The summed E-state index contributed by atoms with van der Waals surface area (Å²) in [6.07, 6.45) is 2.11. The molecule has 0 amide bonds. The molecule has 6 heteroatoms. The van der Waals surface area contributed by atoms with Crippen LogP contribution in [0, 0.1) is 23.4 Å². The van der Waals surface area contributed by atoms with Gasteiger partial charge in [0.1, 0.15) is 17.5 Å². The van der Waals surface area contributed by atoms with Gasteiger partial charge in [-0.15, -0.1) is 0 Å². The summed E-state index contributed by atoms with van der Waals surface area (Å²) in [6, 6.07) is 10.6. The highest BCUT2D eigenvalue weighted by molar-refractivity contribution is 5.24. The highest BCUT2D eigenvalue weighted by atomic mass is 19.1. The first-order valence-corrected chi connectivity index (χ1v) is 9.50. The molecule has 3 nitrogen and oxygen atoms in total. The largest absolute Gasteiger partial charge is 0.299 e. The van der Waals surface area contributed by atoms with Crippen LogP contribution in [0.5, 0.6) is 0 Å². The minimum atomic E-state index is -0.405. The minimum absolute atomic E-state index is 0.227. The van der Waals surface area contributed by atoms with Gasteiger partial charge in [0.05, 0.1) is 0 Å². The Morgan fingerprint density at radius 2 is 1.78 bits per heavy atom. The normalized spacial score (nSPS) is 26.4. The molecule has 2 aromatic rings. The molecule has 2 fully saturated rings. The first-order chi connectivity index (χ1) is 13.1. The molecule has 0 radical (unpaired) electrons. The van der Waals surface area contributed by atoms with Crippen LogP contribution in [0.15, 0.2) is 42.5 Å². The number of likely N-dealkylation sites (tertiary alicyclic amines) is 1. The summed E-state index contributed by atoms with van der Waals surface area (Å²) in [5.74, 6) is -0.335. The number of nitrogens with one attached hydrogen (secondary N) is 2. The number of hydrogen-bond donors (Lipinski definition) is 2. The van der Waals surface area contributed by atoms with E-state index in [1.165, 1.54) is 24.3 Å². The van der Waals surface area contributed by atoms with Crippen molar-refractivity contribution in [2.75, 3.05) is 19.6 Å². The molecular formula is C21H24F3N3. The third kappa shape index (κ3) is 4.18. The smallest absolute Gasteiger partial charge is 0.127 e. The Labute approximate surface area is 157 Å². The summed E-state index contributed by atoms with van der Waals surface area (Å²) < 4.78 is 40.7. The van der Waals surface area contributed by atoms with Crippen LogP contribution in [0.3, 0.4) is 0 Å². The molecule has 2 aliphatic heterocycles. The van der Waals surface area contributed by atoms with Gasteiger partial charge in [0.25, 0.3) is 0 Å². The number of rotatable bonds is 4. The van der Waals surface area contributed by atoms with Crippen molar-refractivity contribution in [3.8, 4) is 0 Å². The lowest BCUT2D eigenvalue weighted by Crippen LogP contribution is -2.46. The predicted octanol–water partition coefficient (Wildman–Crippen LogP) is 3.58. The topological polar surface area (TPSA) is 27.3 Å². The number of benzene rings is 2. The molecule has 2 aliphatic rings. The highest BCUT2D eigenvalue weighted by Crippen LogP contribution is 2.32. The number of hydrogen-bond acceptors (Lipinski definition) is 3. The lowest BCUT2D eigenvalue weighted by atomic mass is 9.81. The summed E-state index contributed by atoms with van der Waals surface area (Å²) in [7, 11) is 0. The van der Waals surface area contributed by atoms with Crippen molar-refractivity contribution in [3.05, 3.63) is 71.0 Å². The Morgan fingerprint density at radius 3 is 2.59 bits per heavy atom. The summed E-state index contributed by atoms with van der Waals surface area (Å²) in [5.41, 5.74) is 8.16. The van der Waals surface area contributed by atoms with Crippen LogP contribution in [-0.2, 0) is 6.54 Å². The third-order valence-electron chi connectivity index (χ3n) is 5.77. The maximum absolute atomic E-state index is 14.0. The van der Waals surface area contributed by atoms with Crippen molar-refractivity contribution >= 4 is 0 Å². The summed E-state index contributed by atoms with van der Waals surface area (Å²) in [5, 5.41) is 0. The number of piperidine rings is 1. The zero-order chi connectivity index (χ0) is 18.8. The molecule has 3 atom stereocenters. The average molecular weight is 375 g/mol. The second-order valence-electron chi connectivity index (χ2n) is 7.58. The van der Waals surface area contributed by atoms with Gasteiger partial charge in [0, 0.05) is 37.2 Å². The van der Waals surface area contributed by atoms with Crippen molar-refractivity contribution in [2.24, 2.45) is 5.92 Å². The van der Waals surface area contributed by atoms with Gasteiger partial charge in [-0.3, -0.25) is 15.8 Å². The molecule has 4 rings (SSSR count). The monoisotopic (exact) mass is 375 g/mol. The van der Waals surface area contributed by atoms with Gasteiger partial charge in [-0.1, -0.05) is 12.1 Å². The number of halogens is 3. The van der Waals surface area contributed by atoms with Crippen LogP contribution < -0.4 is 10.9 Å². The second kappa shape index (κ2) is 8.00. The van der Waals surface area contributed by atoms with Gasteiger partial charge in [0.15, 0.2) is 0 Å². The van der Waals surface area contributed by atoms with Crippen molar-refractivity contribution < 1.29 is 13.2 Å². The molecule has 0 aliphatic carbocycles. The Bertz CT molecular complexity index is 781. The maximum atomic E-state index is 14.0. The fourth-order valence-electron chi connectivity index (χ4n) is 4.43. The predicted molar refractivity (Wildman–Crippen MR) is 98.4 cm³/mol. The number of hydrazine groups is 1. The van der Waals surface area contributed by atoms with E-state index in [4.69, 9.17) is 0 Å². The lowest BCUT2D eigenvalue weighted by molar-refractivity contribution is 0.138. The standard InChI is InChI=1S/C21H24F3N3/c22-17-5-3-14(4-6-17)19-11-25-26-21(19)15-2-1-9-27(12-15)13-16-10-18(23)7-8-20(16)24/h3-8,10,15,19,21,25-26H,1-2,9,11-13H2. The van der Waals surface area contributed by atoms with E-state index in [-0.39, 0.29) is 23.6 Å². The fourth-order valence-corrected chi connectivity index (χ4v) is 4.43. The molecule has 2 aromatic carbocycles. The van der Waals surface area contributed by atoms with Crippen LogP contribution in [-0.4, -0.2) is 30.6 Å². The number of nitrogens with zero attached hydrogens (tertiary/aromatic N) is 1. The molecular weight excluding hydrogens is 351 g/mol. The van der Waals surface area contributed by atoms with E-state index in [1.54, 1.807) is 0 Å². The van der Waals surface area contributed by atoms with Gasteiger partial charge in [-0.05, 0) is 61.2 Å². The first-order valence-electron chi connectivity index (χ1n) is 9.50. The van der Waals surface area contributed by atoms with E-state index in [9.17, 15) is 13.2 Å². The van der Waals surface area contributed by atoms with Gasteiger partial charge < -0.3 is 0 Å². The van der Waals surface area contributed by atoms with E-state index in [1.807, 2.05) is 12.1 Å². The van der Waals surface area contributed by atoms with Crippen molar-refractivity contribution in [1.29, 1.82) is 0 Å².